The van der Waals surface area contributed by atoms with Gasteiger partial charge in [0.1, 0.15) is 11.6 Å². The van der Waals surface area contributed by atoms with Crippen molar-refractivity contribution in [1.29, 1.82) is 0 Å². The van der Waals surface area contributed by atoms with Crippen LogP contribution >= 0.6 is 0 Å². The van der Waals surface area contributed by atoms with Crippen molar-refractivity contribution in [3.63, 3.8) is 0 Å². The van der Waals surface area contributed by atoms with Crippen LogP contribution in [0, 0.1) is 11.8 Å². The predicted octanol–water partition coefficient (Wildman–Crippen LogP) is 4.18. The van der Waals surface area contributed by atoms with Gasteiger partial charge in [-0.15, -0.1) is 0 Å². The Morgan fingerprint density at radius 1 is 0.949 bits per heavy atom. The average Bonchev–Trinajstić information content (AvgIpc) is 2.90. The van der Waals surface area contributed by atoms with Crippen molar-refractivity contribution in [1.82, 2.24) is 4.98 Å². The molecule has 0 radical (unpaired) electrons. The Bertz CT molecular complexity index is 1260. The summed E-state index contributed by atoms with van der Waals surface area (Å²) in [5.41, 5.74) is 8.11. The second-order valence-corrected chi connectivity index (χ2v) is 10.1. The van der Waals surface area contributed by atoms with Gasteiger partial charge in [0.15, 0.2) is 23.0 Å². The van der Waals surface area contributed by atoms with Crippen molar-refractivity contribution in [2.24, 2.45) is 11.8 Å². The molecule has 3 rings (SSSR count). The van der Waals surface area contributed by atoms with Gasteiger partial charge in [-0.05, 0) is 84.7 Å². The number of hydrogen-bond donors (Lipinski definition) is 5. The fraction of sp³-hybridized carbons (Fsp3) is 0.400. The maximum absolute atomic E-state index is 13.5. The number of carbonyl (C=O) groups excluding carboxylic acids is 1. The van der Waals surface area contributed by atoms with Gasteiger partial charge in [0, 0.05) is 18.5 Å². The summed E-state index contributed by atoms with van der Waals surface area (Å²) < 4.78 is 10.8. The Labute approximate surface area is 228 Å². The number of rotatable bonds is 14. The van der Waals surface area contributed by atoms with Gasteiger partial charge in [-0.1, -0.05) is 19.9 Å². The van der Waals surface area contributed by atoms with Gasteiger partial charge >= 0.3 is 0 Å². The van der Waals surface area contributed by atoms with Crippen molar-refractivity contribution < 1.29 is 34.7 Å². The van der Waals surface area contributed by atoms with Gasteiger partial charge < -0.3 is 35.6 Å². The average molecular weight is 539 g/mol. The SMILES string of the molecule is COc1cc(CCC(O)C(Cc2ccnc(N)c2)C(=O)CCc2cc(O)c(O)c(OCC(C)C)c2)ccc1O. The number of anilines is 1. The number of benzene rings is 2. The van der Waals surface area contributed by atoms with E-state index >= 15 is 0 Å². The molecule has 1 heterocycles. The molecule has 0 bridgehead atoms. The van der Waals surface area contributed by atoms with Crippen LogP contribution < -0.4 is 15.2 Å². The van der Waals surface area contributed by atoms with Crippen LogP contribution in [0.25, 0.3) is 0 Å². The molecule has 210 valence electrons. The highest BCUT2D eigenvalue weighted by molar-refractivity contribution is 5.82. The number of phenolic OH excluding ortho intramolecular Hbond substituents is 3. The van der Waals surface area contributed by atoms with E-state index in [1.165, 1.54) is 19.2 Å². The van der Waals surface area contributed by atoms with E-state index < -0.39 is 12.0 Å². The number of nitrogens with two attached hydrogens (primary N) is 1. The molecule has 9 nitrogen and oxygen atoms in total. The van der Waals surface area contributed by atoms with Crippen molar-refractivity contribution in [2.75, 3.05) is 19.5 Å². The zero-order valence-electron chi connectivity index (χ0n) is 22.6. The third-order valence-electron chi connectivity index (χ3n) is 6.50. The molecular formula is C30H38N2O7. The first-order valence-corrected chi connectivity index (χ1v) is 13.0. The lowest BCUT2D eigenvalue weighted by Gasteiger charge is -2.23. The number of aromatic nitrogens is 1. The maximum atomic E-state index is 13.5. The molecule has 0 spiro atoms. The molecule has 0 aliphatic carbocycles. The Hall–Kier alpha value is -3.98. The molecule has 3 aromatic rings. The fourth-order valence-electron chi connectivity index (χ4n) is 4.35. The van der Waals surface area contributed by atoms with E-state index in [0.29, 0.717) is 43.0 Å². The number of pyridine rings is 1. The normalized spacial score (nSPS) is 12.7. The zero-order valence-corrected chi connectivity index (χ0v) is 22.6. The van der Waals surface area contributed by atoms with E-state index in [-0.39, 0.29) is 47.5 Å². The number of aromatic hydroxyl groups is 3. The van der Waals surface area contributed by atoms with E-state index in [9.17, 15) is 25.2 Å². The van der Waals surface area contributed by atoms with Gasteiger partial charge in [-0.25, -0.2) is 4.98 Å². The van der Waals surface area contributed by atoms with Crippen LogP contribution in [-0.2, 0) is 24.1 Å². The Morgan fingerprint density at radius 3 is 2.38 bits per heavy atom. The molecule has 0 amide bonds. The Balaban J connectivity index is 1.74. The topological polar surface area (TPSA) is 155 Å². The number of ether oxygens (including phenoxy) is 2. The maximum Gasteiger partial charge on any atom is 0.200 e. The van der Waals surface area contributed by atoms with E-state index in [1.54, 1.807) is 36.5 Å². The van der Waals surface area contributed by atoms with Crippen molar-refractivity contribution >= 4 is 11.6 Å². The van der Waals surface area contributed by atoms with Gasteiger partial charge in [0.25, 0.3) is 0 Å². The monoisotopic (exact) mass is 538 g/mol. The Morgan fingerprint density at radius 2 is 1.69 bits per heavy atom. The smallest absolute Gasteiger partial charge is 0.200 e. The summed E-state index contributed by atoms with van der Waals surface area (Å²) in [5.74, 6) is -0.390. The first kappa shape index (κ1) is 29.6. The summed E-state index contributed by atoms with van der Waals surface area (Å²) in [4.78, 5) is 17.5. The molecule has 2 unspecified atom stereocenters. The number of carbonyl (C=O) groups is 1. The number of methoxy groups -OCH3 is 1. The summed E-state index contributed by atoms with van der Waals surface area (Å²) in [5, 5.41) is 41.3. The molecule has 0 saturated carbocycles. The third-order valence-corrected chi connectivity index (χ3v) is 6.50. The number of aryl methyl sites for hydroxylation is 2. The summed E-state index contributed by atoms with van der Waals surface area (Å²) in [6.45, 7) is 4.31. The van der Waals surface area contributed by atoms with Crippen LogP contribution in [0.15, 0.2) is 48.7 Å². The molecular weight excluding hydrogens is 500 g/mol. The lowest BCUT2D eigenvalue weighted by atomic mass is 9.85. The molecule has 1 aromatic heterocycles. The second kappa shape index (κ2) is 13.7. The quantitative estimate of drug-likeness (QED) is 0.190. The minimum atomic E-state index is -0.940. The lowest BCUT2D eigenvalue weighted by Crippen LogP contribution is -2.31. The largest absolute Gasteiger partial charge is 0.504 e. The van der Waals surface area contributed by atoms with E-state index in [1.807, 2.05) is 13.8 Å². The number of aliphatic hydroxyl groups excluding tert-OH is 1. The van der Waals surface area contributed by atoms with Gasteiger partial charge in [-0.2, -0.15) is 0 Å². The van der Waals surface area contributed by atoms with E-state index in [0.717, 1.165) is 11.1 Å². The fourth-order valence-corrected chi connectivity index (χ4v) is 4.35. The number of Topliss-reactive ketones (excluding diaryl/α,β-unsaturated/α-hetero) is 1. The van der Waals surface area contributed by atoms with Gasteiger partial charge in [0.2, 0.25) is 5.75 Å². The number of aliphatic hydroxyl groups is 1. The molecule has 2 aromatic carbocycles. The number of nitrogen functional groups attached to an aromatic ring is 1. The molecule has 9 heteroatoms. The van der Waals surface area contributed by atoms with Crippen molar-refractivity contribution in [3.8, 4) is 28.7 Å². The Kier molecular flexibility index (Phi) is 10.4. The van der Waals surface area contributed by atoms with E-state index in [2.05, 4.69) is 4.98 Å². The minimum absolute atomic E-state index is 0.0307. The van der Waals surface area contributed by atoms with Gasteiger partial charge in [-0.3, -0.25) is 4.79 Å². The van der Waals surface area contributed by atoms with E-state index in [4.69, 9.17) is 15.2 Å². The van der Waals surface area contributed by atoms with Gasteiger partial charge in [0.05, 0.1) is 19.8 Å². The number of nitrogens with zero attached hydrogens (tertiary/aromatic N) is 1. The second-order valence-electron chi connectivity index (χ2n) is 10.1. The van der Waals surface area contributed by atoms with Crippen LogP contribution in [0.3, 0.4) is 0 Å². The van der Waals surface area contributed by atoms with Crippen LogP contribution in [0.4, 0.5) is 5.82 Å². The third kappa shape index (κ3) is 8.51. The standard InChI is InChI=1S/C30H38N2O7/c1-18(2)17-39-28-15-20(13-26(36)30(28)37)6-8-24(34)22(12-21-10-11-32-29(31)16-21)23(33)7-4-19-5-9-25(35)27(14-19)38-3/h5,9-11,13-16,18,22-23,33,35-37H,4,6-8,12,17H2,1-3H3,(H2,31,32). The highest BCUT2D eigenvalue weighted by Gasteiger charge is 2.27. The molecule has 2 atom stereocenters. The molecule has 0 fully saturated rings. The van der Waals surface area contributed by atoms with Crippen molar-refractivity contribution in [2.45, 2.75) is 52.1 Å². The summed E-state index contributed by atoms with van der Waals surface area (Å²) in [6.07, 6.45) is 2.12. The van der Waals surface area contributed by atoms with Crippen LogP contribution in [-0.4, -0.2) is 51.0 Å². The minimum Gasteiger partial charge on any atom is -0.504 e. The highest BCUT2D eigenvalue weighted by Crippen LogP contribution is 2.37. The van der Waals surface area contributed by atoms with Crippen LogP contribution in [0.5, 0.6) is 28.7 Å². The number of phenols is 3. The summed E-state index contributed by atoms with van der Waals surface area (Å²) in [6, 6.07) is 11.5. The van der Waals surface area contributed by atoms with Crippen LogP contribution in [0.2, 0.25) is 0 Å². The number of hydrogen-bond acceptors (Lipinski definition) is 9. The highest BCUT2D eigenvalue weighted by atomic mass is 16.5. The molecule has 6 N–H and O–H groups in total. The zero-order chi connectivity index (χ0) is 28.5. The molecule has 0 aliphatic rings. The summed E-state index contributed by atoms with van der Waals surface area (Å²) >= 11 is 0. The lowest BCUT2D eigenvalue weighted by molar-refractivity contribution is -0.126. The van der Waals surface area contributed by atoms with Crippen molar-refractivity contribution in [3.05, 3.63) is 65.4 Å². The molecule has 0 saturated heterocycles. The number of ketones is 1. The molecule has 0 aliphatic heterocycles. The first-order chi connectivity index (χ1) is 18.6. The summed E-state index contributed by atoms with van der Waals surface area (Å²) in [7, 11) is 1.47. The molecule has 39 heavy (non-hydrogen) atoms. The van der Waals surface area contributed by atoms with Crippen LogP contribution in [0.1, 0.15) is 43.4 Å². The predicted molar refractivity (Wildman–Crippen MR) is 148 cm³/mol. The first-order valence-electron chi connectivity index (χ1n) is 13.0.